The Balaban J connectivity index is 1.59. The summed E-state index contributed by atoms with van der Waals surface area (Å²) in [7, 11) is 0. The molecule has 2 heterocycles. The fraction of sp³-hybridized carbons (Fsp3) is 0.316. The normalized spacial score (nSPS) is 12.1. The molecule has 0 saturated heterocycles. The predicted molar refractivity (Wildman–Crippen MR) is 96.4 cm³/mol. The van der Waals surface area contributed by atoms with Crippen molar-refractivity contribution in [2.45, 2.75) is 39.8 Å². The lowest BCUT2D eigenvalue weighted by molar-refractivity contribution is -0.121. The van der Waals surface area contributed by atoms with Crippen LogP contribution < -0.4 is 5.32 Å². The van der Waals surface area contributed by atoms with Crippen LogP contribution in [0.1, 0.15) is 36.3 Å². The number of carbonyl (C=O) groups is 1. The molecule has 1 atom stereocenters. The van der Waals surface area contributed by atoms with Crippen LogP contribution in [0.3, 0.4) is 0 Å². The number of aromatic nitrogens is 4. The van der Waals surface area contributed by atoms with Gasteiger partial charge in [-0.05, 0) is 44.5 Å². The number of hydrogen-bond donors (Lipinski definition) is 1. The van der Waals surface area contributed by atoms with Crippen molar-refractivity contribution >= 4 is 5.91 Å². The molecule has 0 fully saturated rings. The van der Waals surface area contributed by atoms with Gasteiger partial charge in [-0.25, -0.2) is 9.67 Å². The molecule has 0 aliphatic rings. The van der Waals surface area contributed by atoms with Crippen molar-refractivity contribution in [1.29, 1.82) is 0 Å². The largest absolute Gasteiger partial charge is 0.350 e. The number of nitrogens with one attached hydrogen (secondary N) is 1. The molecule has 25 heavy (non-hydrogen) atoms. The number of amides is 1. The third-order valence-electron chi connectivity index (χ3n) is 4.18. The molecular formula is C19H23N5O. The molecule has 0 aliphatic carbocycles. The number of hydrogen-bond acceptors (Lipinski definition) is 3. The first kappa shape index (κ1) is 17.0. The van der Waals surface area contributed by atoms with E-state index in [2.05, 4.69) is 21.5 Å². The van der Waals surface area contributed by atoms with Gasteiger partial charge in [0, 0.05) is 31.1 Å². The smallest absolute Gasteiger partial charge is 0.222 e. The lowest BCUT2D eigenvalue weighted by Crippen LogP contribution is -2.27. The van der Waals surface area contributed by atoms with Gasteiger partial charge in [-0.3, -0.25) is 4.79 Å². The maximum atomic E-state index is 12.1. The van der Waals surface area contributed by atoms with E-state index in [0.717, 1.165) is 22.6 Å². The summed E-state index contributed by atoms with van der Waals surface area (Å²) >= 11 is 0. The molecule has 130 valence electrons. The van der Waals surface area contributed by atoms with Crippen molar-refractivity contribution in [1.82, 2.24) is 24.6 Å². The van der Waals surface area contributed by atoms with Crippen LogP contribution >= 0.6 is 0 Å². The van der Waals surface area contributed by atoms with Crippen molar-refractivity contribution < 1.29 is 4.79 Å². The average molecular weight is 337 g/mol. The van der Waals surface area contributed by atoms with Crippen LogP contribution in [0, 0.1) is 13.8 Å². The Morgan fingerprint density at radius 2 is 2.00 bits per heavy atom. The van der Waals surface area contributed by atoms with Crippen molar-refractivity contribution in [2.24, 2.45) is 0 Å². The van der Waals surface area contributed by atoms with E-state index >= 15 is 0 Å². The molecule has 3 aromatic rings. The fourth-order valence-corrected chi connectivity index (χ4v) is 2.84. The van der Waals surface area contributed by atoms with Gasteiger partial charge in [-0.1, -0.05) is 12.1 Å². The summed E-state index contributed by atoms with van der Waals surface area (Å²) in [4.78, 5) is 16.1. The second-order valence-electron chi connectivity index (χ2n) is 6.27. The zero-order valence-electron chi connectivity index (χ0n) is 14.8. The van der Waals surface area contributed by atoms with Gasteiger partial charge in [0.05, 0.1) is 23.8 Å². The van der Waals surface area contributed by atoms with Gasteiger partial charge < -0.3 is 9.88 Å². The average Bonchev–Trinajstić information content (AvgIpc) is 3.22. The van der Waals surface area contributed by atoms with Gasteiger partial charge in [0.25, 0.3) is 0 Å². The third-order valence-corrected chi connectivity index (χ3v) is 4.18. The van der Waals surface area contributed by atoms with E-state index in [4.69, 9.17) is 0 Å². The van der Waals surface area contributed by atoms with E-state index < -0.39 is 0 Å². The summed E-state index contributed by atoms with van der Waals surface area (Å²) in [5.41, 5.74) is 4.19. The van der Waals surface area contributed by atoms with Gasteiger partial charge in [-0.15, -0.1) is 0 Å². The second-order valence-corrected chi connectivity index (χ2v) is 6.27. The van der Waals surface area contributed by atoms with Crippen LogP contribution in [0.2, 0.25) is 0 Å². The van der Waals surface area contributed by atoms with E-state index in [9.17, 15) is 4.79 Å². The number of benzene rings is 1. The van der Waals surface area contributed by atoms with Crippen molar-refractivity contribution in [2.75, 3.05) is 0 Å². The van der Waals surface area contributed by atoms with Crippen LogP contribution in [0.25, 0.3) is 5.69 Å². The molecule has 1 N–H and O–H groups in total. The van der Waals surface area contributed by atoms with E-state index in [1.807, 2.05) is 60.5 Å². The van der Waals surface area contributed by atoms with Gasteiger partial charge in [0.15, 0.2) is 0 Å². The summed E-state index contributed by atoms with van der Waals surface area (Å²) < 4.78 is 3.82. The maximum absolute atomic E-state index is 12.1. The van der Waals surface area contributed by atoms with Crippen LogP contribution in [-0.2, 0) is 11.3 Å². The van der Waals surface area contributed by atoms with E-state index in [1.54, 1.807) is 12.5 Å². The molecule has 0 spiro atoms. The van der Waals surface area contributed by atoms with Crippen molar-refractivity contribution in [3.05, 3.63) is 66.0 Å². The van der Waals surface area contributed by atoms with Gasteiger partial charge >= 0.3 is 0 Å². The SMILES string of the molecule is Cc1cc(C)n(-c2ccc([C@@H](C)NC(=O)CCn3ccnc3)cc2)n1. The lowest BCUT2D eigenvalue weighted by atomic mass is 10.1. The Bertz CT molecular complexity index is 833. The van der Waals surface area contributed by atoms with E-state index in [-0.39, 0.29) is 11.9 Å². The molecular weight excluding hydrogens is 314 g/mol. The minimum Gasteiger partial charge on any atom is -0.350 e. The quantitative estimate of drug-likeness (QED) is 0.752. The number of carbonyl (C=O) groups excluding carboxylic acids is 1. The van der Waals surface area contributed by atoms with Crippen molar-refractivity contribution in [3.63, 3.8) is 0 Å². The molecule has 0 bridgehead atoms. The standard InChI is InChI=1S/C19H23N5O/c1-14-12-15(2)24(22-14)18-6-4-17(5-7-18)16(3)21-19(25)8-10-23-11-9-20-13-23/h4-7,9,11-13,16H,8,10H2,1-3H3,(H,21,25)/t16-/m1/s1. The van der Waals surface area contributed by atoms with Crippen LogP contribution in [0.5, 0.6) is 0 Å². The first-order chi connectivity index (χ1) is 12.0. The summed E-state index contributed by atoms with van der Waals surface area (Å²) in [5.74, 6) is 0.0313. The summed E-state index contributed by atoms with van der Waals surface area (Å²) in [6, 6.07) is 10.1. The summed E-state index contributed by atoms with van der Waals surface area (Å²) in [6.07, 6.45) is 5.72. The summed E-state index contributed by atoms with van der Waals surface area (Å²) in [5, 5.41) is 7.53. The van der Waals surface area contributed by atoms with Crippen molar-refractivity contribution in [3.8, 4) is 5.69 Å². The topological polar surface area (TPSA) is 64.7 Å². The second kappa shape index (κ2) is 7.34. The number of nitrogens with zero attached hydrogens (tertiary/aromatic N) is 4. The summed E-state index contributed by atoms with van der Waals surface area (Å²) in [6.45, 7) is 6.65. The lowest BCUT2D eigenvalue weighted by Gasteiger charge is -2.15. The van der Waals surface area contributed by atoms with Crippen LogP contribution in [-0.4, -0.2) is 25.2 Å². The number of aryl methyl sites for hydroxylation is 3. The van der Waals surface area contributed by atoms with Crippen LogP contribution in [0.15, 0.2) is 49.1 Å². The number of rotatable bonds is 6. The molecule has 0 unspecified atom stereocenters. The minimum absolute atomic E-state index is 0.0313. The molecule has 3 rings (SSSR count). The highest BCUT2D eigenvalue weighted by Gasteiger charge is 2.10. The molecule has 2 aromatic heterocycles. The molecule has 1 amide bonds. The Kier molecular flexibility index (Phi) is 4.97. The highest BCUT2D eigenvalue weighted by atomic mass is 16.1. The zero-order chi connectivity index (χ0) is 17.8. The molecule has 0 radical (unpaired) electrons. The molecule has 6 nitrogen and oxygen atoms in total. The van der Waals surface area contributed by atoms with Gasteiger partial charge in [0.1, 0.15) is 0 Å². The molecule has 0 saturated carbocycles. The van der Waals surface area contributed by atoms with E-state index in [1.165, 1.54) is 0 Å². The van der Waals surface area contributed by atoms with Gasteiger partial charge in [-0.2, -0.15) is 5.10 Å². The first-order valence-electron chi connectivity index (χ1n) is 8.41. The van der Waals surface area contributed by atoms with Crippen LogP contribution in [0.4, 0.5) is 0 Å². The molecule has 1 aromatic carbocycles. The fourth-order valence-electron chi connectivity index (χ4n) is 2.84. The Labute approximate surface area is 147 Å². The molecule has 6 heteroatoms. The highest BCUT2D eigenvalue weighted by molar-refractivity contribution is 5.76. The number of imidazole rings is 1. The van der Waals surface area contributed by atoms with E-state index in [0.29, 0.717) is 13.0 Å². The monoisotopic (exact) mass is 337 g/mol. The highest BCUT2D eigenvalue weighted by Crippen LogP contribution is 2.17. The maximum Gasteiger partial charge on any atom is 0.222 e. The Morgan fingerprint density at radius 3 is 2.60 bits per heavy atom. The predicted octanol–water partition coefficient (Wildman–Crippen LogP) is 2.95. The first-order valence-corrected chi connectivity index (χ1v) is 8.41. The molecule has 0 aliphatic heterocycles. The Hall–Kier alpha value is -2.89. The zero-order valence-corrected chi connectivity index (χ0v) is 14.8. The third kappa shape index (κ3) is 4.15. The van der Waals surface area contributed by atoms with Gasteiger partial charge in [0.2, 0.25) is 5.91 Å². The minimum atomic E-state index is -0.0372. The Morgan fingerprint density at radius 1 is 1.24 bits per heavy atom.